The lowest BCUT2D eigenvalue weighted by Crippen LogP contribution is -2.41. The highest BCUT2D eigenvalue weighted by atomic mass is 16.7. The molecule has 1 N–H and O–H groups in total. The zero-order valence-electron chi connectivity index (χ0n) is 15.6. The SMILES string of the molecule is CC1(C)OB(c2ccc3cccc(-c4ccc(O)cc4)c3c2)OC1(C)C. The van der Waals surface area contributed by atoms with Crippen LogP contribution in [-0.4, -0.2) is 23.4 Å². The van der Waals surface area contributed by atoms with Gasteiger partial charge in [-0.25, -0.2) is 0 Å². The molecule has 1 aliphatic rings. The maximum absolute atomic E-state index is 9.57. The summed E-state index contributed by atoms with van der Waals surface area (Å²) in [5.74, 6) is 0.270. The van der Waals surface area contributed by atoms with E-state index < -0.39 is 0 Å². The topological polar surface area (TPSA) is 38.7 Å². The summed E-state index contributed by atoms with van der Waals surface area (Å²) in [7, 11) is -0.378. The van der Waals surface area contributed by atoms with Crippen molar-refractivity contribution in [2.75, 3.05) is 0 Å². The summed E-state index contributed by atoms with van der Waals surface area (Å²) in [5, 5.41) is 11.9. The molecule has 0 spiro atoms. The zero-order chi connectivity index (χ0) is 18.5. The summed E-state index contributed by atoms with van der Waals surface area (Å²) in [6, 6.07) is 19.9. The monoisotopic (exact) mass is 346 g/mol. The lowest BCUT2D eigenvalue weighted by atomic mass is 9.77. The van der Waals surface area contributed by atoms with Crippen molar-refractivity contribution in [2.24, 2.45) is 0 Å². The molecule has 0 bridgehead atoms. The van der Waals surface area contributed by atoms with E-state index in [0.717, 1.165) is 27.4 Å². The second kappa shape index (κ2) is 5.87. The van der Waals surface area contributed by atoms with Crippen LogP contribution in [0.25, 0.3) is 21.9 Å². The number of hydrogen-bond donors (Lipinski definition) is 1. The molecule has 0 radical (unpaired) electrons. The molecular formula is C22H23BO3. The summed E-state index contributed by atoms with van der Waals surface area (Å²) < 4.78 is 12.4. The van der Waals surface area contributed by atoms with Crippen molar-refractivity contribution in [3.05, 3.63) is 60.7 Å². The molecule has 0 unspecified atom stereocenters. The Morgan fingerprint density at radius 3 is 2.12 bits per heavy atom. The lowest BCUT2D eigenvalue weighted by molar-refractivity contribution is 0.00578. The van der Waals surface area contributed by atoms with E-state index in [1.807, 2.05) is 12.1 Å². The summed E-state index contributed by atoms with van der Waals surface area (Å²) >= 11 is 0. The van der Waals surface area contributed by atoms with E-state index in [1.54, 1.807) is 12.1 Å². The van der Waals surface area contributed by atoms with Crippen LogP contribution in [-0.2, 0) is 9.31 Å². The van der Waals surface area contributed by atoms with Crippen molar-refractivity contribution >= 4 is 23.4 Å². The fourth-order valence-electron chi connectivity index (χ4n) is 3.31. The first kappa shape index (κ1) is 17.1. The van der Waals surface area contributed by atoms with Crippen molar-refractivity contribution in [1.29, 1.82) is 0 Å². The molecule has 1 aliphatic heterocycles. The van der Waals surface area contributed by atoms with Gasteiger partial charge >= 0.3 is 7.12 Å². The predicted octanol–water partition coefficient (Wildman–Crippen LogP) is 4.51. The van der Waals surface area contributed by atoms with Crippen LogP contribution in [0.4, 0.5) is 0 Å². The average Bonchev–Trinajstić information content (AvgIpc) is 2.82. The molecule has 3 aromatic rings. The highest BCUT2D eigenvalue weighted by Crippen LogP contribution is 2.37. The number of aromatic hydroxyl groups is 1. The molecule has 3 aromatic carbocycles. The maximum Gasteiger partial charge on any atom is 0.494 e. The van der Waals surface area contributed by atoms with E-state index in [2.05, 4.69) is 64.1 Å². The smallest absolute Gasteiger partial charge is 0.494 e. The molecule has 0 saturated carbocycles. The van der Waals surface area contributed by atoms with Crippen LogP contribution in [0.5, 0.6) is 5.75 Å². The van der Waals surface area contributed by atoms with Gasteiger partial charge in [-0.2, -0.15) is 0 Å². The molecule has 1 fully saturated rings. The third kappa shape index (κ3) is 2.79. The molecule has 4 heteroatoms. The Morgan fingerprint density at radius 1 is 0.808 bits per heavy atom. The molecule has 3 nitrogen and oxygen atoms in total. The summed E-state index contributed by atoms with van der Waals surface area (Å²) in [6.07, 6.45) is 0. The first-order valence-corrected chi connectivity index (χ1v) is 8.95. The standard InChI is InChI=1S/C22H23BO3/c1-21(2)22(3,4)26-23(25-21)17-11-8-15-6-5-7-19(20(15)14-17)16-9-12-18(24)13-10-16/h5-14,24H,1-4H3. The molecular weight excluding hydrogens is 323 g/mol. The zero-order valence-corrected chi connectivity index (χ0v) is 15.6. The minimum absolute atomic E-state index is 0.270. The number of benzene rings is 3. The molecule has 26 heavy (non-hydrogen) atoms. The second-order valence-corrected chi connectivity index (χ2v) is 7.92. The van der Waals surface area contributed by atoms with Gasteiger partial charge in [-0.15, -0.1) is 0 Å². The Labute approximate surface area is 154 Å². The van der Waals surface area contributed by atoms with Gasteiger partial charge in [-0.1, -0.05) is 48.5 Å². The number of phenols is 1. The summed E-state index contributed by atoms with van der Waals surface area (Å²) in [6.45, 7) is 8.26. The van der Waals surface area contributed by atoms with E-state index in [1.165, 1.54) is 0 Å². The van der Waals surface area contributed by atoms with E-state index in [9.17, 15) is 5.11 Å². The van der Waals surface area contributed by atoms with E-state index >= 15 is 0 Å². The van der Waals surface area contributed by atoms with E-state index in [0.29, 0.717) is 0 Å². The van der Waals surface area contributed by atoms with E-state index in [4.69, 9.17) is 9.31 Å². The minimum atomic E-state index is -0.378. The van der Waals surface area contributed by atoms with Crippen LogP contribution in [0.3, 0.4) is 0 Å². The van der Waals surface area contributed by atoms with Crippen LogP contribution in [0.1, 0.15) is 27.7 Å². The summed E-state index contributed by atoms with van der Waals surface area (Å²) in [4.78, 5) is 0. The van der Waals surface area contributed by atoms with Gasteiger partial charge in [-0.3, -0.25) is 0 Å². The van der Waals surface area contributed by atoms with Gasteiger partial charge < -0.3 is 14.4 Å². The van der Waals surface area contributed by atoms with Gasteiger partial charge in [0.25, 0.3) is 0 Å². The Hall–Kier alpha value is -2.30. The normalized spacial score (nSPS) is 18.4. The fraction of sp³-hybridized carbons (Fsp3) is 0.273. The Morgan fingerprint density at radius 2 is 1.46 bits per heavy atom. The summed E-state index contributed by atoms with van der Waals surface area (Å²) in [5.41, 5.74) is 2.49. The maximum atomic E-state index is 9.57. The van der Waals surface area contributed by atoms with Crippen molar-refractivity contribution < 1.29 is 14.4 Å². The Bertz CT molecular complexity index is 945. The van der Waals surface area contributed by atoms with Crippen LogP contribution in [0.15, 0.2) is 60.7 Å². The first-order valence-electron chi connectivity index (χ1n) is 8.95. The molecule has 4 rings (SSSR count). The van der Waals surface area contributed by atoms with Gasteiger partial charge in [0.05, 0.1) is 11.2 Å². The van der Waals surface area contributed by atoms with Gasteiger partial charge in [-0.05, 0) is 67.2 Å². The third-order valence-corrected chi connectivity index (χ3v) is 5.61. The quantitative estimate of drug-likeness (QED) is 0.694. The number of fused-ring (bicyclic) bond motifs is 1. The van der Waals surface area contributed by atoms with Crippen molar-refractivity contribution in [1.82, 2.24) is 0 Å². The Kier molecular flexibility index (Phi) is 3.87. The number of phenolic OH excluding ortho intramolecular Hbond substituents is 1. The van der Waals surface area contributed by atoms with Crippen molar-refractivity contribution in [2.45, 2.75) is 38.9 Å². The third-order valence-electron chi connectivity index (χ3n) is 5.61. The van der Waals surface area contributed by atoms with Crippen LogP contribution in [0.2, 0.25) is 0 Å². The second-order valence-electron chi connectivity index (χ2n) is 7.92. The fourth-order valence-corrected chi connectivity index (χ4v) is 3.31. The largest absolute Gasteiger partial charge is 0.508 e. The van der Waals surface area contributed by atoms with Gasteiger partial charge in [0, 0.05) is 0 Å². The van der Waals surface area contributed by atoms with Crippen LogP contribution < -0.4 is 5.46 Å². The predicted molar refractivity (Wildman–Crippen MR) is 107 cm³/mol. The van der Waals surface area contributed by atoms with Crippen molar-refractivity contribution in [3.8, 4) is 16.9 Å². The highest BCUT2D eigenvalue weighted by Gasteiger charge is 2.51. The molecule has 0 atom stereocenters. The molecule has 1 heterocycles. The number of rotatable bonds is 2. The first-order chi connectivity index (χ1) is 12.3. The highest BCUT2D eigenvalue weighted by molar-refractivity contribution is 6.62. The van der Waals surface area contributed by atoms with Gasteiger partial charge in [0.1, 0.15) is 5.75 Å². The molecule has 0 aliphatic carbocycles. The van der Waals surface area contributed by atoms with Gasteiger partial charge in [0.2, 0.25) is 0 Å². The van der Waals surface area contributed by atoms with Crippen molar-refractivity contribution in [3.63, 3.8) is 0 Å². The van der Waals surface area contributed by atoms with Gasteiger partial charge in [0.15, 0.2) is 0 Å². The molecule has 0 amide bonds. The van der Waals surface area contributed by atoms with Crippen LogP contribution >= 0.6 is 0 Å². The van der Waals surface area contributed by atoms with E-state index in [-0.39, 0.29) is 24.1 Å². The minimum Gasteiger partial charge on any atom is -0.508 e. The molecule has 0 aromatic heterocycles. The average molecular weight is 346 g/mol. The number of hydrogen-bond acceptors (Lipinski definition) is 3. The molecule has 1 saturated heterocycles. The Balaban J connectivity index is 1.80. The molecule has 132 valence electrons. The van der Waals surface area contributed by atoms with Crippen LogP contribution in [0, 0.1) is 0 Å². The lowest BCUT2D eigenvalue weighted by Gasteiger charge is -2.32.